The zero-order valence-electron chi connectivity index (χ0n) is 12.4. The first-order valence-corrected chi connectivity index (χ1v) is 7.94. The lowest BCUT2D eigenvalue weighted by atomic mass is 9.69. The average Bonchev–Trinajstić information content (AvgIpc) is 2.76. The second kappa shape index (κ2) is 4.71. The molecule has 19 heavy (non-hydrogen) atoms. The molecular formula is C16H28O3. The molecule has 0 aromatic rings. The van der Waals surface area contributed by atoms with Crippen LogP contribution >= 0.6 is 0 Å². The number of aliphatic hydroxyl groups is 1. The van der Waals surface area contributed by atoms with Gasteiger partial charge in [-0.15, -0.1) is 0 Å². The van der Waals surface area contributed by atoms with Gasteiger partial charge in [-0.05, 0) is 51.9 Å². The highest BCUT2D eigenvalue weighted by atomic mass is 16.5. The Labute approximate surface area is 116 Å². The smallest absolute Gasteiger partial charge is 0.0726 e. The maximum Gasteiger partial charge on any atom is 0.0726 e. The predicted molar refractivity (Wildman–Crippen MR) is 74.1 cm³/mol. The maximum atomic E-state index is 11.1. The Balaban J connectivity index is 1.73. The summed E-state index contributed by atoms with van der Waals surface area (Å²) >= 11 is 0. The SMILES string of the molecule is CC1(C)CC(O)(C2CCOC3(CCCC3)C2)CCO1. The van der Waals surface area contributed by atoms with Gasteiger partial charge in [-0.3, -0.25) is 0 Å². The Hall–Kier alpha value is -0.120. The van der Waals surface area contributed by atoms with Gasteiger partial charge in [0.05, 0.1) is 23.4 Å². The van der Waals surface area contributed by atoms with Crippen molar-refractivity contribution < 1.29 is 14.6 Å². The average molecular weight is 268 g/mol. The van der Waals surface area contributed by atoms with E-state index < -0.39 is 5.60 Å². The normalized spacial score (nSPS) is 41.5. The quantitative estimate of drug-likeness (QED) is 0.794. The molecule has 2 unspecified atom stereocenters. The fourth-order valence-corrected chi connectivity index (χ4v) is 4.58. The second-order valence-electron chi connectivity index (χ2n) is 7.57. The summed E-state index contributed by atoms with van der Waals surface area (Å²) in [5, 5.41) is 11.1. The van der Waals surface area contributed by atoms with Gasteiger partial charge in [0, 0.05) is 13.0 Å². The van der Waals surface area contributed by atoms with Gasteiger partial charge in [-0.25, -0.2) is 0 Å². The van der Waals surface area contributed by atoms with Crippen molar-refractivity contribution in [3.63, 3.8) is 0 Å². The highest BCUT2D eigenvalue weighted by Crippen LogP contribution is 2.48. The van der Waals surface area contributed by atoms with Gasteiger partial charge in [0.1, 0.15) is 0 Å². The molecule has 1 spiro atoms. The molecule has 1 saturated carbocycles. The lowest BCUT2D eigenvalue weighted by Gasteiger charge is -2.50. The Kier molecular flexibility index (Phi) is 3.43. The van der Waals surface area contributed by atoms with Gasteiger partial charge >= 0.3 is 0 Å². The van der Waals surface area contributed by atoms with Crippen LogP contribution in [0.1, 0.15) is 65.2 Å². The van der Waals surface area contributed by atoms with Crippen molar-refractivity contribution in [3.8, 4) is 0 Å². The van der Waals surface area contributed by atoms with Crippen LogP contribution in [0, 0.1) is 5.92 Å². The predicted octanol–water partition coefficient (Wildman–Crippen LogP) is 3.05. The van der Waals surface area contributed by atoms with E-state index in [4.69, 9.17) is 9.47 Å². The molecule has 2 heterocycles. The van der Waals surface area contributed by atoms with E-state index in [-0.39, 0.29) is 11.2 Å². The number of hydrogen-bond acceptors (Lipinski definition) is 3. The molecule has 0 amide bonds. The number of hydrogen-bond donors (Lipinski definition) is 1. The molecule has 3 fully saturated rings. The van der Waals surface area contributed by atoms with Crippen LogP contribution in [-0.4, -0.2) is 35.1 Å². The van der Waals surface area contributed by atoms with Crippen LogP contribution < -0.4 is 0 Å². The third kappa shape index (κ3) is 2.70. The van der Waals surface area contributed by atoms with Crippen LogP contribution in [0.25, 0.3) is 0 Å². The van der Waals surface area contributed by atoms with Crippen LogP contribution in [0.3, 0.4) is 0 Å². The first-order chi connectivity index (χ1) is 8.93. The minimum absolute atomic E-state index is 0.0983. The van der Waals surface area contributed by atoms with Crippen molar-refractivity contribution in [2.45, 2.75) is 82.0 Å². The van der Waals surface area contributed by atoms with Crippen LogP contribution in [0.4, 0.5) is 0 Å². The zero-order valence-corrected chi connectivity index (χ0v) is 12.4. The van der Waals surface area contributed by atoms with Gasteiger partial charge < -0.3 is 14.6 Å². The van der Waals surface area contributed by atoms with Crippen molar-refractivity contribution in [2.75, 3.05) is 13.2 Å². The summed E-state index contributed by atoms with van der Waals surface area (Å²) in [6.07, 6.45) is 8.59. The second-order valence-corrected chi connectivity index (χ2v) is 7.57. The molecule has 1 N–H and O–H groups in total. The lowest BCUT2D eigenvalue weighted by Crippen LogP contribution is -2.54. The molecule has 0 radical (unpaired) electrons. The van der Waals surface area contributed by atoms with Gasteiger partial charge in [0.15, 0.2) is 0 Å². The van der Waals surface area contributed by atoms with Crippen LogP contribution in [0.15, 0.2) is 0 Å². The molecular weight excluding hydrogens is 240 g/mol. The van der Waals surface area contributed by atoms with E-state index in [0.29, 0.717) is 12.5 Å². The molecule has 1 aliphatic carbocycles. The Bertz CT molecular complexity index is 333. The molecule has 0 bridgehead atoms. The first kappa shape index (κ1) is 13.8. The fraction of sp³-hybridized carbons (Fsp3) is 1.00. The van der Waals surface area contributed by atoms with Gasteiger partial charge in [-0.1, -0.05) is 12.8 Å². The largest absolute Gasteiger partial charge is 0.389 e. The van der Waals surface area contributed by atoms with Crippen molar-refractivity contribution in [2.24, 2.45) is 5.92 Å². The molecule has 3 nitrogen and oxygen atoms in total. The summed E-state index contributed by atoms with van der Waals surface area (Å²) in [5.41, 5.74) is -0.629. The molecule has 3 rings (SSSR count). The van der Waals surface area contributed by atoms with E-state index >= 15 is 0 Å². The molecule has 110 valence electrons. The minimum Gasteiger partial charge on any atom is -0.389 e. The molecule has 0 aromatic heterocycles. The molecule has 2 aliphatic heterocycles. The molecule has 0 aromatic carbocycles. The van der Waals surface area contributed by atoms with Gasteiger partial charge in [0.2, 0.25) is 0 Å². The first-order valence-electron chi connectivity index (χ1n) is 7.94. The van der Waals surface area contributed by atoms with Crippen LogP contribution in [0.5, 0.6) is 0 Å². The zero-order chi connectivity index (χ0) is 13.6. The lowest BCUT2D eigenvalue weighted by molar-refractivity contribution is -0.197. The van der Waals surface area contributed by atoms with E-state index in [1.165, 1.54) is 25.7 Å². The van der Waals surface area contributed by atoms with E-state index in [0.717, 1.165) is 32.3 Å². The van der Waals surface area contributed by atoms with E-state index in [1.54, 1.807) is 0 Å². The standard InChI is InChI=1S/C16H28O3/c1-14(2)12-16(17,8-10-18-14)13-5-9-19-15(11-13)6-3-4-7-15/h13,17H,3-12H2,1-2H3. The van der Waals surface area contributed by atoms with Crippen molar-refractivity contribution in [1.82, 2.24) is 0 Å². The minimum atomic E-state index is -0.541. The third-order valence-electron chi connectivity index (χ3n) is 5.53. The monoisotopic (exact) mass is 268 g/mol. The summed E-state index contributed by atoms with van der Waals surface area (Å²) in [6.45, 7) is 5.71. The highest BCUT2D eigenvalue weighted by molar-refractivity contribution is 5.01. The van der Waals surface area contributed by atoms with E-state index in [1.807, 2.05) is 0 Å². The summed E-state index contributed by atoms with van der Waals surface area (Å²) in [6, 6.07) is 0. The molecule has 2 saturated heterocycles. The number of rotatable bonds is 1. The molecule has 2 atom stereocenters. The van der Waals surface area contributed by atoms with Crippen molar-refractivity contribution in [1.29, 1.82) is 0 Å². The third-order valence-corrected chi connectivity index (χ3v) is 5.53. The van der Waals surface area contributed by atoms with Gasteiger partial charge in [-0.2, -0.15) is 0 Å². The fourth-order valence-electron chi connectivity index (χ4n) is 4.58. The summed E-state index contributed by atoms with van der Waals surface area (Å²) in [7, 11) is 0. The highest BCUT2D eigenvalue weighted by Gasteiger charge is 2.50. The topological polar surface area (TPSA) is 38.7 Å². The number of ether oxygens (including phenoxy) is 2. The van der Waals surface area contributed by atoms with E-state index in [2.05, 4.69) is 13.8 Å². The maximum absolute atomic E-state index is 11.1. The summed E-state index contributed by atoms with van der Waals surface area (Å²) in [5.74, 6) is 0.391. The Morgan fingerprint density at radius 3 is 2.42 bits per heavy atom. The van der Waals surface area contributed by atoms with Crippen LogP contribution in [-0.2, 0) is 9.47 Å². The Morgan fingerprint density at radius 1 is 1.00 bits per heavy atom. The Morgan fingerprint density at radius 2 is 1.74 bits per heavy atom. The summed E-state index contributed by atoms with van der Waals surface area (Å²) in [4.78, 5) is 0. The van der Waals surface area contributed by atoms with Crippen molar-refractivity contribution >= 4 is 0 Å². The van der Waals surface area contributed by atoms with Crippen LogP contribution in [0.2, 0.25) is 0 Å². The van der Waals surface area contributed by atoms with E-state index in [9.17, 15) is 5.11 Å². The van der Waals surface area contributed by atoms with Gasteiger partial charge in [0.25, 0.3) is 0 Å². The molecule has 3 heteroatoms. The summed E-state index contributed by atoms with van der Waals surface area (Å²) < 4.78 is 11.9. The van der Waals surface area contributed by atoms with Crippen molar-refractivity contribution in [3.05, 3.63) is 0 Å². The molecule has 3 aliphatic rings.